The quantitative estimate of drug-likeness (QED) is 0.820. The molecule has 2 rings (SSSR count). The van der Waals surface area contributed by atoms with Crippen LogP contribution >= 0.6 is 22.7 Å². The number of aromatic carboxylic acids is 1. The van der Waals surface area contributed by atoms with Crippen molar-refractivity contribution in [1.82, 2.24) is 0 Å². The molecule has 0 bridgehead atoms. The molecular weight excluding hydrogens is 222 g/mol. The number of fused-ring (bicyclic) bond motifs is 1. The molecule has 14 heavy (non-hydrogen) atoms. The zero-order chi connectivity index (χ0) is 10.3. The summed E-state index contributed by atoms with van der Waals surface area (Å²) in [4.78, 5) is 21.8. The van der Waals surface area contributed by atoms with Crippen molar-refractivity contribution in [3.8, 4) is 0 Å². The van der Waals surface area contributed by atoms with Crippen LogP contribution in [0.5, 0.6) is 0 Å². The van der Waals surface area contributed by atoms with Gasteiger partial charge >= 0.3 is 5.97 Å². The van der Waals surface area contributed by atoms with Crippen LogP contribution in [0.2, 0.25) is 0 Å². The van der Waals surface area contributed by atoms with E-state index < -0.39 is 11.9 Å². The summed E-state index contributed by atoms with van der Waals surface area (Å²) in [6.07, 6.45) is 0. The highest BCUT2D eigenvalue weighted by molar-refractivity contribution is 7.37. The summed E-state index contributed by atoms with van der Waals surface area (Å²) in [6.45, 7) is 0. The number of carboxylic acid groups (broad SMARTS) is 1. The van der Waals surface area contributed by atoms with Crippen molar-refractivity contribution in [2.24, 2.45) is 5.73 Å². The van der Waals surface area contributed by atoms with E-state index in [9.17, 15) is 9.59 Å². The number of carbonyl (C=O) groups excluding carboxylic acids is 1. The number of carboxylic acids is 1. The number of carbonyl (C=O) groups is 2. The highest BCUT2D eigenvalue weighted by Gasteiger charge is 2.18. The first kappa shape index (κ1) is 9.17. The Morgan fingerprint density at radius 1 is 1.21 bits per heavy atom. The normalized spacial score (nSPS) is 10.6. The van der Waals surface area contributed by atoms with Gasteiger partial charge in [-0.05, 0) is 0 Å². The third-order valence-corrected chi connectivity index (χ3v) is 3.93. The largest absolute Gasteiger partial charge is 0.478 e. The van der Waals surface area contributed by atoms with Gasteiger partial charge < -0.3 is 10.8 Å². The lowest BCUT2D eigenvalue weighted by Gasteiger charge is -1.91. The van der Waals surface area contributed by atoms with E-state index in [0.717, 1.165) is 4.01 Å². The molecule has 0 aliphatic heterocycles. The van der Waals surface area contributed by atoms with Crippen molar-refractivity contribution in [1.29, 1.82) is 0 Å². The maximum absolute atomic E-state index is 11.0. The maximum atomic E-state index is 11.0. The smallest absolute Gasteiger partial charge is 0.337 e. The maximum Gasteiger partial charge on any atom is 0.337 e. The van der Waals surface area contributed by atoms with Gasteiger partial charge in [0.1, 0.15) is 0 Å². The van der Waals surface area contributed by atoms with Gasteiger partial charge in [0.15, 0.2) is 0 Å². The van der Waals surface area contributed by atoms with Crippen LogP contribution in [0.4, 0.5) is 0 Å². The first-order chi connectivity index (χ1) is 6.61. The molecule has 72 valence electrons. The van der Waals surface area contributed by atoms with Gasteiger partial charge in [0.2, 0.25) is 5.91 Å². The molecule has 0 fully saturated rings. The SMILES string of the molecule is NC(=O)c1csc2scc(C(=O)O)c12. The number of nitrogens with two attached hydrogens (primary N) is 1. The number of amides is 1. The Bertz CT molecular complexity index is 482. The van der Waals surface area contributed by atoms with E-state index >= 15 is 0 Å². The summed E-state index contributed by atoms with van der Waals surface area (Å²) in [7, 11) is 0. The molecule has 0 atom stereocenters. The van der Waals surface area contributed by atoms with E-state index in [0.29, 0.717) is 10.9 Å². The second-order valence-corrected chi connectivity index (χ2v) is 4.65. The van der Waals surface area contributed by atoms with E-state index in [2.05, 4.69) is 0 Å². The highest BCUT2D eigenvalue weighted by atomic mass is 32.2. The minimum Gasteiger partial charge on any atom is -0.478 e. The van der Waals surface area contributed by atoms with Crippen molar-refractivity contribution in [3.05, 3.63) is 21.9 Å². The molecule has 2 aromatic rings. The Morgan fingerprint density at radius 3 is 2.29 bits per heavy atom. The van der Waals surface area contributed by atoms with E-state index in [1.54, 1.807) is 5.38 Å². The molecule has 6 heteroatoms. The second kappa shape index (κ2) is 3.07. The van der Waals surface area contributed by atoms with Gasteiger partial charge in [-0.15, -0.1) is 22.7 Å². The fraction of sp³-hybridized carbons (Fsp3) is 0. The van der Waals surface area contributed by atoms with Gasteiger partial charge in [-0.3, -0.25) is 4.79 Å². The first-order valence-electron chi connectivity index (χ1n) is 3.63. The van der Waals surface area contributed by atoms with Crippen molar-refractivity contribution in [3.63, 3.8) is 0 Å². The summed E-state index contributed by atoms with van der Waals surface area (Å²) in [6, 6.07) is 0. The van der Waals surface area contributed by atoms with Crippen LogP contribution in [0.25, 0.3) is 9.40 Å². The van der Waals surface area contributed by atoms with Crippen LogP contribution < -0.4 is 5.73 Å². The minimum absolute atomic E-state index is 0.153. The molecule has 0 saturated heterocycles. The standard InChI is InChI=1S/C8H5NO3S2/c9-6(10)3-1-13-8-5(3)4(2-14-8)7(11)12/h1-2H,(H2,9,10)(H,11,12). The lowest BCUT2D eigenvalue weighted by Crippen LogP contribution is -2.10. The Balaban J connectivity index is 2.80. The molecule has 0 saturated carbocycles. The molecule has 3 N–H and O–H groups in total. The summed E-state index contributed by atoms with van der Waals surface area (Å²) in [5.41, 5.74) is 5.58. The Morgan fingerprint density at radius 2 is 1.79 bits per heavy atom. The number of thiophene rings is 2. The molecule has 2 heterocycles. The average Bonchev–Trinajstić information content (AvgIpc) is 2.59. The number of hydrogen-bond acceptors (Lipinski definition) is 4. The molecule has 2 aromatic heterocycles. The van der Waals surface area contributed by atoms with Crippen LogP contribution in [-0.2, 0) is 0 Å². The summed E-state index contributed by atoms with van der Waals surface area (Å²) >= 11 is 2.65. The van der Waals surface area contributed by atoms with Crippen LogP contribution in [0, 0.1) is 0 Å². The first-order valence-corrected chi connectivity index (χ1v) is 5.39. The van der Waals surface area contributed by atoms with Gasteiger partial charge in [-0.2, -0.15) is 0 Å². The molecule has 0 spiro atoms. The van der Waals surface area contributed by atoms with Gasteiger partial charge in [0, 0.05) is 16.1 Å². The summed E-state index contributed by atoms with van der Waals surface area (Å²) in [5, 5.41) is 12.4. The molecule has 1 amide bonds. The van der Waals surface area contributed by atoms with E-state index in [1.807, 2.05) is 0 Å². The second-order valence-electron chi connectivity index (χ2n) is 2.63. The molecular formula is C8H5NO3S2. The zero-order valence-electron chi connectivity index (χ0n) is 6.81. The van der Waals surface area contributed by atoms with Gasteiger partial charge in [0.25, 0.3) is 0 Å². The number of rotatable bonds is 2. The molecule has 0 aromatic carbocycles. The molecule has 4 nitrogen and oxygen atoms in total. The molecule has 0 unspecified atom stereocenters. The van der Waals surface area contributed by atoms with E-state index in [4.69, 9.17) is 10.8 Å². The number of primary amides is 1. The van der Waals surface area contributed by atoms with Crippen LogP contribution in [0.15, 0.2) is 10.8 Å². The van der Waals surface area contributed by atoms with Gasteiger partial charge in [-0.25, -0.2) is 4.79 Å². The monoisotopic (exact) mass is 227 g/mol. The van der Waals surface area contributed by atoms with Crippen molar-refractivity contribution >= 4 is 43.9 Å². The Kier molecular flexibility index (Phi) is 2.01. The zero-order valence-corrected chi connectivity index (χ0v) is 8.45. The lowest BCUT2D eigenvalue weighted by atomic mass is 10.1. The van der Waals surface area contributed by atoms with Crippen LogP contribution in [0.1, 0.15) is 20.7 Å². The fourth-order valence-corrected chi connectivity index (χ4v) is 3.28. The topological polar surface area (TPSA) is 80.4 Å². The Hall–Kier alpha value is -1.40. The fourth-order valence-electron chi connectivity index (χ4n) is 1.19. The minimum atomic E-state index is -1.03. The molecule has 0 radical (unpaired) electrons. The summed E-state index contributed by atoms with van der Waals surface area (Å²) in [5.74, 6) is -1.62. The average molecular weight is 227 g/mol. The molecule has 0 aliphatic carbocycles. The predicted octanol–water partition coefficient (Wildman–Crippen LogP) is 1.76. The van der Waals surface area contributed by atoms with Crippen LogP contribution in [-0.4, -0.2) is 17.0 Å². The number of hydrogen-bond donors (Lipinski definition) is 2. The van der Waals surface area contributed by atoms with Gasteiger partial charge in [-0.1, -0.05) is 0 Å². The van der Waals surface area contributed by atoms with Crippen molar-refractivity contribution in [2.75, 3.05) is 0 Å². The Labute approximate surface area is 86.6 Å². The van der Waals surface area contributed by atoms with Crippen molar-refractivity contribution < 1.29 is 14.7 Å². The lowest BCUT2D eigenvalue weighted by molar-refractivity contribution is 0.0699. The molecule has 0 aliphatic rings. The van der Waals surface area contributed by atoms with Crippen LogP contribution in [0.3, 0.4) is 0 Å². The summed E-state index contributed by atoms with van der Waals surface area (Å²) < 4.78 is 0.816. The predicted molar refractivity (Wildman–Crippen MR) is 55.2 cm³/mol. The van der Waals surface area contributed by atoms with E-state index in [1.165, 1.54) is 28.1 Å². The van der Waals surface area contributed by atoms with Gasteiger partial charge in [0.05, 0.1) is 15.1 Å². The van der Waals surface area contributed by atoms with E-state index in [-0.39, 0.29) is 5.56 Å². The third-order valence-electron chi connectivity index (χ3n) is 1.81. The van der Waals surface area contributed by atoms with Crippen molar-refractivity contribution in [2.45, 2.75) is 0 Å². The highest BCUT2D eigenvalue weighted by Crippen LogP contribution is 2.34. The third kappa shape index (κ3) is 1.19.